The number of benzene rings is 2. The summed E-state index contributed by atoms with van der Waals surface area (Å²) in [5.74, 6) is -0.194. The number of imide groups is 1. The molecule has 158 valence electrons. The maximum Gasteiger partial charge on any atom is 0.321 e. The van der Waals surface area contributed by atoms with Gasteiger partial charge in [-0.1, -0.05) is 30.3 Å². The molecular weight excluding hydrogens is 398 g/mol. The topological polar surface area (TPSA) is 117 Å². The maximum atomic E-state index is 12.8. The van der Waals surface area contributed by atoms with Crippen molar-refractivity contribution in [1.82, 2.24) is 25.3 Å². The van der Waals surface area contributed by atoms with Gasteiger partial charge < -0.3 is 15.3 Å². The number of phenols is 1. The quantitative estimate of drug-likeness (QED) is 0.528. The molecule has 31 heavy (non-hydrogen) atoms. The number of amides is 4. The molecule has 9 nitrogen and oxygen atoms in total. The van der Waals surface area contributed by atoms with Crippen LogP contribution in [-0.4, -0.2) is 44.7 Å². The molecule has 2 heterocycles. The number of hydrogen-bond acceptors (Lipinski definition) is 5. The Labute approximate surface area is 178 Å². The van der Waals surface area contributed by atoms with E-state index < -0.39 is 12.1 Å². The van der Waals surface area contributed by atoms with Crippen molar-refractivity contribution < 1.29 is 19.5 Å². The second kappa shape index (κ2) is 8.31. The second-order valence-corrected chi connectivity index (χ2v) is 7.34. The molecule has 1 aliphatic rings. The summed E-state index contributed by atoms with van der Waals surface area (Å²) >= 11 is 0. The third-order valence-corrected chi connectivity index (χ3v) is 5.22. The third kappa shape index (κ3) is 4.25. The Kier molecular flexibility index (Phi) is 5.40. The Morgan fingerprint density at radius 2 is 2.00 bits per heavy atom. The van der Waals surface area contributed by atoms with Crippen molar-refractivity contribution >= 4 is 18.3 Å². The first-order valence-corrected chi connectivity index (χ1v) is 9.65. The number of carbonyl (C=O) groups excluding carboxylic acids is 3. The van der Waals surface area contributed by atoms with Gasteiger partial charge in [-0.15, -0.1) is 0 Å². The molecule has 0 fully saturated rings. The lowest BCUT2D eigenvalue weighted by molar-refractivity contribution is -0.108. The number of phenolic OH excluding ortho intramolecular Hbond substituents is 1. The van der Waals surface area contributed by atoms with Crippen molar-refractivity contribution in [2.45, 2.75) is 12.6 Å². The van der Waals surface area contributed by atoms with Crippen LogP contribution in [0.2, 0.25) is 0 Å². The largest absolute Gasteiger partial charge is 0.508 e. The van der Waals surface area contributed by atoms with Gasteiger partial charge in [-0.25, -0.2) is 4.79 Å². The van der Waals surface area contributed by atoms with Crippen LogP contribution in [0.5, 0.6) is 5.75 Å². The van der Waals surface area contributed by atoms with Crippen LogP contribution < -0.4 is 10.6 Å². The zero-order valence-electron chi connectivity index (χ0n) is 16.8. The highest BCUT2D eigenvalue weighted by molar-refractivity contribution is 5.98. The number of hydrogen-bond donors (Lipinski definition) is 3. The number of nitrogens with zero attached hydrogens (tertiary/aromatic N) is 3. The summed E-state index contributed by atoms with van der Waals surface area (Å²) in [5.41, 5.74) is 3.96. The molecule has 0 spiro atoms. The number of nitrogens with one attached hydrogen (secondary N) is 2. The number of urea groups is 1. The Morgan fingerprint density at radius 3 is 2.68 bits per heavy atom. The van der Waals surface area contributed by atoms with Gasteiger partial charge in [0, 0.05) is 37.5 Å². The van der Waals surface area contributed by atoms with Crippen LogP contribution in [0.4, 0.5) is 4.79 Å². The van der Waals surface area contributed by atoms with E-state index in [1.807, 2.05) is 37.5 Å². The summed E-state index contributed by atoms with van der Waals surface area (Å²) in [5, 5.41) is 18.7. The van der Waals surface area contributed by atoms with E-state index in [0.717, 1.165) is 22.3 Å². The van der Waals surface area contributed by atoms with Crippen molar-refractivity contribution in [3.63, 3.8) is 0 Å². The normalized spacial score (nSPS) is 13.6. The summed E-state index contributed by atoms with van der Waals surface area (Å²) in [6.45, 7) is 0.572. The lowest BCUT2D eigenvalue weighted by Gasteiger charge is -2.25. The van der Waals surface area contributed by atoms with Gasteiger partial charge in [0.15, 0.2) is 0 Å². The van der Waals surface area contributed by atoms with Crippen molar-refractivity contribution in [2.24, 2.45) is 7.05 Å². The molecule has 0 unspecified atom stereocenters. The number of aryl methyl sites for hydroxylation is 1. The third-order valence-electron chi connectivity index (χ3n) is 5.22. The van der Waals surface area contributed by atoms with E-state index in [4.69, 9.17) is 0 Å². The molecule has 3 aromatic rings. The molecule has 3 N–H and O–H groups in total. The van der Waals surface area contributed by atoms with Crippen molar-refractivity contribution in [3.05, 3.63) is 71.5 Å². The predicted octanol–water partition coefficient (Wildman–Crippen LogP) is 1.95. The fraction of sp³-hybridized carbons (Fsp3) is 0.182. The van der Waals surface area contributed by atoms with Crippen LogP contribution in [0.1, 0.15) is 27.5 Å². The minimum absolute atomic E-state index is 0.0278. The Hall–Kier alpha value is -4.14. The fourth-order valence-electron chi connectivity index (χ4n) is 3.68. The van der Waals surface area contributed by atoms with Crippen LogP contribution in [0.3, 0.4) is 0 Å². The van der Waals surface area contributed by atoms with E-state index in [-0.39, 0.29) is 18.2 Å². The molecule has 1 aliphatic heterocycles. The highest BCUT2D eigenvalue weighted by atomic mass is 16.3. The molecule has 0 saturated carbocycles. The van der Waals surface area contributed by atoms with Crippen molar-refractivity contribution in [2.75, 3.05) is 6.54 Å². The van der Waals surface area contributed by atoms with Gasteiger partial charge in [0.2, 0.25) is 6.41 Å². The highest BCUT2D eigenvalue weighted by Gasteiger charge is 2.30. The summed E-state index contributed by atoms with van der Waals surface area (Å²) < 4.78 is 1.71. The summed E-state index contributed by atoms with van der Waals surface area (Å²) in [6.07, 6.45) is 3.97. The highest BCUT2D eigenvalue weighted by Crippen LogP contribution is 2.29. The van der Waals surface area contributed by atoms with Gasteiger partial charge >= 0.3 is 6.03 Å². The van der Waals surface area contributed by atoms with Gasteiger partial charge in [-0.2, -0.15) is 5.10 Å². The molecule has 0 aliphatic carbocycles. The summed E-state index contributed by atoms with van der Waals surface area (Å²) in [6, 6.07) is 11.1. The number of rotatable bonds is 6. The van der Waals surface area contributed by atoms with E-state index in [9.17, 15) is 19.5 Å². The summed E-state index contributed by atoms with van der Waals surface area (Å²) in [7, 11) is 1.84. The molecular formula is C22H21N5O4. The Bertz CT molecular complexity index is 1140. The van der Waals surface area contributed by atoms with E-state index in [0.29, 0.717) is 18.5 Å². The lowest BCUT2D eigenvalue weighted by Crippen LogP contribution is -2.42. The fourth-order valence-corrected chi connectivity index (χ4v) is 3.68. The SMILES string of the molecule is Cn1cc(-c2ccc([C@H](CN3Cc4ccc(O)cc4C3=O)NC(=O)NC=O)cc2)cn1. The van der Waals surface area contributed by atoms with Gasteiger partial charge in [-0.05, 0) is 28.8 Å². The molecule has 1 aromatic heterocycles. The van der Waals surface area contributed by atoms with Crippen LogP contribution in [0, 0.1) is 0 Å². The van der Waals surface area contributed by atoms with Crippen LogP contribution in [0.15, 0.2) is 54.9 Å². The van der Waals surface area contributed by atoms with E-state index in [2.05, 4.69) is 15.7 Å². The van der Waals surface area contributed by atoms with Crippen LogP contribution in [0.25, 0.3) is 11.1 Å². The number of fused-ring (bicyclic) bond motifs is 1. The van der Waals surface area contributed by atoms with E-state index in [1.165, 1.54) is 6.07 Å². The monoisotopic (exact) mass is 419 g/mol. The van der Waals surface area contributed by atoms with Gasteiger partial charge in [0.1, 0.15) is 5.75 Å². The molecule has 4 amide bonds. The van der Waals surface area contributed by atoms with Gasteiger partial charge in [-0.3, -0.25) is 19.6 Å². The first-order chi connectivity index (χ1) is 14.9. The second-order valence-electron chi connectivity index (χ2n) is 7.34. The molecule has 0 bridgehead atoms. The van der Waals surface area contributed by atoms with Crippen LogP contribution >= 0.6 is 0 Å². The minimum Gasteiger partial charge on any atom is -0.508 e. The molecule has 4 rings (SSSR count). The Morgan fingerprint density at radius 1 is 1.23 bits per heavy atom. The zero-order valence-corrected chi connectivity index (χ0v) is 16.8. The average Bonchev–Trinajstić information content (AvgIpc) is 3.32. The standard InChI is InChI=1S/C22H21N5O4/c1-26-10-17(9-24-26)14-2-4-15(5-3-14)20(25-22(31)23-13-28)12-27-11-16-6-7-18(29)8-19(16)21(27)30/h2-10,13,20,29H,11-12H2,1H3,(H2,23,25,28,31)/t20-/m0/s1. The smallest absolute Gasteiger partial charge is 0.321 e. The maximum absolute atomic E-state index is 12.8. The predicted molar refractivity (Wildman–Crippen MR) is 112 cm³/mol. The zero-order chi connectivity index (χ0) is 22.0. The molecule has 0 radical (unpaired) electrons. The van der Waals surface area contributed by atoms with Crippen molar-refractivity contribution in [3.8, 4) is 16.9 Å². The summed E-state index contributed by atoms with van der Waals surface area (Å²) in [4.78, 5) is 37.1. The Balaban J connectivity index is 1.57. The molecule has 0 saturated heterocycles. The molecule has 2 aromatic carbocycles. The molecule has 9 heteroatoms. The van der Waals surface area contributed by atoms with Gasteiger partial charge in [0.05, 0.1) is 12.2 Å². The minimum atomic E-state index is -0.654. The van der Waals surface area contributed by atoms with Crippen LogP contribution in [-0.2, 0) is 18.4 Å². The first-order valence-electron chi connectivity index (χ1n) is 9.65. The van der Waals surface area contributed by atoms with Crippen molar-refractivity contribution in [1.29, 1.82) is 0 Å². The number of carbonyl (C=O) groups is 3. The first kappa shape index (κ1) is 20.1. The van der Waals surface area contributed by atoms with Gasteiger partial charge in [0.25, 0.3) is 5.91 Å². The lowest BCUT2D eigenvalue weighted by atomic mass is 10.0. The average molecular weight is 419 g/mol. The molecule has 1 atom stereocenters. The number of aromatic hydroxyl groups is 1. The number of aromatic nitrogens is 2. The van der Waals surface area contributed by atoms with E-state index >= 15 is 0 Å². The van der Waals surface area contributed by atoms with E-state index in [1.54, 1.807) is 27.9 Å².